The van der Waals surface area contributed by atoms with Gasteiger partial charge in [-0.3, -0.25) is 0 Å². The van der Waals surface area contributed by atoms with Crippen LogP contribution in [0.3, 0.4) is 0 Å². The van der Waals surface area contributed by atoms with Gasteiger partial charge in [0.2, 0.25) is 0 Å². The summed E-state index contributed by atoms with van der Waals surface area (Å²) in [5.41, 5.74) is -0.562. The quantitative estimate of drug-likeness (QED) is 0.840. The number of amides is 2. The minimum atomic E-state index is -1.01. The van der Waals surface area contributed by atoms with Crippen molar-refractivity contribution in [2.24, 2.45) is 0 Å². The average molecular weight is 299 g/mol. The Labute approximate surface area is 120 Å². The van der Waals surface area contributed by atoms with Crippen LogP contribution in [0.2, 0.25) is 0 Å². The number of carboxylic acids is 1. The molecule has 8 heteroatoms. The van der Waals surface area contributed by atoms with Crippen LogP contribution >= 0.6 is 11.3 Å². The zero-order valence-electron chi connectivity index (χ0n) is 11.4. The van der Waals surface area contributed by atoms with Crippen LogP contribution in [0.1, 0.15) is 16.8 Å². The molecule has 1 saturated heterocycles. The highest BCUT2D eigenvalue weighted by Crippen LogP contribution is 2.24. The summed E-state index contributed by atoms with van der Waals surface area (Å²) in [5.74, 6) is -1.01. The summed E-state index contributed by atoms with van der Waals surface area (Å²) in [6.07, 6.45) is 1.77. The molecule has 0 bridgehead atoms. The Kier molecular flexibility index (Phi) is 4.24. The first kappa shape index (κ1) is 14.7. The average Bonchev–Trinajstić information content (AvgIpc) is 2.76. The maximum absolute atomic E-state index is 11.9. The van der Waals surface area contributed by atoms with Gasteiger partial charge >= 0.3 is 12.0 Å². The lowest BCUT2D eigenvalue weighted by Crippen LogP contribution is -2.65. The van der Waals surface area contributed by atoms with Crippen molar-refractivity contribution in [1.29, 1.82) is 0 Å². The Hall–Kier alpha value is -1.67. The molecule has 0 aromatic carbocycles. The Morgan fingerprint density at radius 1 is 1.60 bits per heavy atom. The third-order valence-corrected chi connectivity index (χ3v) is 3.85. The topological polar surface area (TPSA) is 91.8 Å². The molecule has 2 rings (SSSR count). The van der Waals surface area contributed by atoms with Crippen molar-refractivity contribution >= 4 is 23.3 Å². The summed E-state index contributed by atoms with van der Waals surface area (Å²) in [6.45, 7) is 4.60. The number of hydrogen-bond donors (Lipinski definition) is 2. The van der Waals surface area contributed by atoms with Crippen LogP contribution in [0.15, 0.2) is 6.20 Å². The Morgan fingerprint density at radius 2 is 2.30 bits per heavy atom. The van der Waals surface area contributed by atoms with Crippen LogP contribution < -0.4 is 5.32 Å². The molecular weight excluding hydrogens is 282 g/mol. The van der Waals surface area contributed by atoms with Crippen LogP contribution in [-0.4, -0.2) is 52.3 Å². The first-order valence-corrected chi connectivity index (χ1v) is 6.99. The molecule has 1 aliphatic rings. The van der Waals surface area contributed by atoms with E-state index in [0.717, 1.165) is 9.88 Å². The van der Waals surface area contributed by atoms with Gasteiger partial charge in [-0.2, -0.15) is 0 Å². The Bertz CT molecular complexity index is 511. The van der Waals surface area contributed by atoms with Crippen LogP contribution in [0.25, 0.3) is 0 Å². The van der Waals surface area contributed by atoms with Crippen molar-refractivity contribution in [3.8, 4) is 0 Å². The number of nitrogens with zero attached hydrogens (tertiary/aromatic N) is 2. The minimum absolute atomic E-state index is 0.186. The minimum Gasteiger partial charge on any atom is -0.480 e. The monoisotopic (exact) mass is 299 g/mol. The lowest BCUT2D eigenvalue weighted by molar-refractivity contribution is -0.159. The molecule has 0 aliphatic carbocycles. The number of likely N-dealkylation sites (tertiary alicyclic amines) is 1. The molecule has 0 saturated carbocycles. The summed E-state index contributed by atoms with van der Waals surface area (Å²) in [7, 11) is 0. The second kappa shape index (κ2) is 5.76. The fourth-order valence-corrected chi connectivity index (χ4v) is 2.71. The van der Waals surface area contributed by atoms with Gasteiger partial charge in [0.05, 0.1) is 19.6 Å². The molecular formula is C12H17N3O4S. The van der Waals surface area contributed by atoms with E-state index >= 15 is 0 Å². The number of hydrogen-bond acceptors (Lipinski definition) is 5. The van der Waals surface area contributed by atoms with Gasteiger partial charge in [-0.15, -0.1) is 11.3 Å². The predicted molar refractivity (Wildman–Crippen MR) is 72.7 cm³/mol. The largest absolute Gasteiger partial charge is 0.480 e. The van der Waals surface area contributed by atoms with Gasteiger partial charge in [0.15, 0.2) is 0 Å². The molecule has 1 aromatic rings. The Morgan fingerprint density at radius 3 is 2.85 bits per heavy atom. The van der Waals surface area contributed by atoms with Gasteiger partial charge < -0.3 is 20.1 Å². The van der Waals surface area contributed by atoms with Crippen LogP contribution in [0.4, 0.5) is 4.79 Å². The number of aryl methyl sites for hydroxylation is 1. The van der Waals surface area contributed by atoms with Crippen LogP contribution in [-0.2, 0) is 16.1 Å². The molecule has 0 spiro atoms. The molecule has 2 heterocycles. The number of urea groups is 1. The normalized spacial score (nSPS) is 16.6. The molecule has 1 aliphatic heterocycles. The molecule has 110 valence electrons. The summed E-state index contributed by atoms with van der Waals surface area (Å²) in [6, 6.07) is -0.186. The molecule has 0 radical (unpaired) electrons. The number of nitrogens with one attached hydrogen (secondary N) is 1. The highest BCUT2D eigenvalue weighted by Gasteiger charge is 2.42. The van der Waals surface area contributed by atoms with Gasteiger partial charge in [-0.25, -0.2) is 14.6 Å². The van der Waals surface area contributed by atoms with E-state index in [2.05, 4.69) is 10.3 Å². The molecule has 1 aromatic heterocycles. The lowest BCUT2D eigenvalue weighted by Gasteiger charge is -2.46. The molecule has 0 unspecified atom stereocenters. The van der Waals surface area contributed by atoms with Crippen molar-refractivity contribution in [3.63, 3.8) is 0 Å². The van der Waals surface area contributed by atoms with Gasteiger partial charge in [0.1, 0.15) is 17.2 Å². The summed E-state index contributed by atoms with van der Waals surface area (Å²) < 4.78 is 5.24. The third-order valence-electron chi connectivity index (χ3n) is 2.94. The zero-order valence-corrected chi connectivity index (χ0v) is 12.2. The molecule has 7 nitrogen and oxygen atoms in total. The van der Waals surface area contributed by atoms with Gasteiger partial charge in [-0.1, -0.05) is 0 Å². The van der Waals surface area contributed by atoms with Crippen molar-refractivity contribution in [2.45, 2.75) is 26.0 Å². The summed E-state index contributed by atoms with van der Waals surface area (Å²) >= 11 is 1.54. The van der Waals surface area contributed by atoms with Gasteiger partial charge in [0.25, 0.3) is 0 Å². The first-order chi connectivity index (χ1) is 9.38. The fourth-order valence-electron chi connectivity index (χ4n) is 1.98. The summed E-state index contributed by atoms with van der Waals surface area (Å²) in [5, 5.41) is 12.2. The lowest BCUT2D eigenvalue weighted by atomic mass is 9.97. The van der Waals surface area contributed by atoms with E-state index in [0.29, 0.717) is 19.6 Å². The molecule has 1 fully saturated rings. The first-order valence-electron chi connectivity index (χ1n) is 6.18. The van der Waals surface area contributed by atoms with Crippen LogP contribution in [0.5, 0.6) is 0 Å². The van der Waals surface area contributed by atoms with Crippen molar-refractivity contribution in [1.82, 2.24) is 15.2 Å². The van der Waals surface area contributed by atoms with E-state index in [-0.39, 0.29) is 12.6 Å². The van der Waals surface area contributed by atoms with Crippen molar-refractivity contribution < 1.29 is 19.4 Å². The van der Waals surface area contributed by atoms with E-state index in [1.807, 2.05) is 6.92 Å². The second-order valence-electron chi connectivity index (χ2n) is 5.01. The van der Waals surface area contributed by atoms with E-state index in [1.54, 1.807) is 29.4 Å². The molecule has 0 atom stereocenters. The molecule has 20 heavy (non-hydrogen) atoms. The number of thiazole rings is 1. The smallest absolute Gasteiger partial charge is 0.329 e. The fraction of sp³-hybridized carbons (Fsp3) is 0.583. The Balaban J connectivity index is 1.72. The van der Waals surface area contributed by atoms with Gasteiger partial charge in [0, 0.05) is 11.1 Å². The number of carboxylic acid groups (broad SMARTS) is 1. The standard InChI is InChI=1S/C12H17N3O4S/c1-8-3-13-9(20-8)4-14-11(18)15-6-12(2,7-15)19-5-10(16)17/h3H,4-7H2,1-2H3,(H,14,18)(H,16,17). The number of ether oxygens (including phenoxy) is 1. The molecule has 2 N–H and O–H groups in total. The predicted octanol–water partition coefficient (Wildman–Crippen LogP) is 0.837. The van der Waals surface area contributed by atoms with Crippen molar-refractivity contribution in [2.75, 3.05) is 19.7 Å². The van der Waals surface area contributed by atoms with Crippen LogP contribution in [0, 0.1) is 6.92 Å². The SMILES string of the molecule is Cc1cnc(CNC(=O)N2CC(C)(OCC(=O)O)C2)s1. The van der Waals surface area contributed by atoms with Crippen molar-refractivity contribution in [3.05, 3.63) is 16.1 Å². The number of aromatic nitrogens is 1. The number of carbonyl (C=O) groups is 2. The number of rotatable bonds is 5. The van der Waals surface area contributed by atoms with E-state index in [1.165, 1.54) is 0 Å². The van der Waals surface area contributed by atoms with Gasteiger partial charge in [-0.05, 0) is 13.8 Å². The van der Waals surface area contributed by atoms with E-state index in [9.17, 15) is 9.59 Å². The van der Waals surface area contributed by atoms with E-state index in [4.69, 9.17) is 9.84 Å². The highest BCUT2D eigenvalue weighted by molar-refractivity contribution is 7.11. The maximum Gasteiger partial charge on any atom is 0.329 e. The third kappa shape index (κ3) is 3.67. The van der Waals surface area contributed by atoms with E-state index < -0.39 is 11.6 Å². The molecule has 2 amide bonds. The zero-order chi connectivity index (χ0) is 14.8. The number of aliphatic carboxylic acids is 1. The highest BCUT2D eigenvalue weighted by atomic mass is 32.1. The number of carbonyl (C=O) groups excluding carboxylic acids is 1. The second-order valence-corrected chi connectivity index (χ2v) is 6.33. The maximum atomic E-state index is 11.9. The summed E-state index contributed by atoms with van der Waals surface area (Å²) in [4.78, 5) is 29.1.